The van der Waals surface area contributed by atoms with Gasteiger partial charge < -0.3 is 10.8 Å². The van der Waals surface area contributed by atoms with Crippen LogP contribution in [0.15, 0.2) is 0 Å². The molecule has 1 saturated heterocycles. The molecule has 0 spiro atoms. The molecule has 1 aliphatic rings. The molecule has 0 aromatic carbocycles. The van der Waals surface area contributed by atoms with Crippen LogP contribution >= 0.6 is 11.8 Å². The molecule has 0 aliphatic carbocycles. The second-order valence-corrected chi connectivity index (χ2v) is 4.43. The summed E-state index contributed by atoms with van der Waals surface area (Å²) in [5, 5.41) is 10.0. The first kappa shape index (κ1) is 9.36. The van der Waals surface area contributed by atoms with Crippen molar-refractivity contribution in [1.29, 1.82) is 0 Å². The molecule has 3 N–H and O–H groups in total. The van der Waals surface area contributed by atoms with Crippen molar-refractivity contribution in [2.24, 2.45) is 5.73 Å². The molecule has 0 aromatic rings. The summed E-state index contributed by atoms with van der Waals surface area (Å²) in [5.74, 6) is 1.97. The number of aliphatic hydroxyl groups is 1. The molecule has 1 aliphatic heterocycles. The van der Waals surface area contributed by atoms with Crippen molar-refractivity contribution in [1.82, 2.24) is 0 Å². The van der Waals surface area contributed by atoms with Crippen LogP contribution in [0.3, 0.4) is 0 Å². The molecule has 1 rings (SSSR count). The minimum absolute atomic E-state index is 0.0128. The van der Waals surface area contributed by atoms with Gasteiger partial charge in [-0.25, -0.2) is 0 Å². The van der Waals surface area contributed by atoms with Crippen molar-refractivity contribution in [3.05, 3.63) is 0 Å². The summed E-state index contributed by atoms with van der Waals surface area (Å²) in [4.78, 5) is 0. The second-order valence-electron chi connectivity index (χ2n) is 3.28. The normalized spacial score (nSPS) is 39.0. The largest absolute Gasteiger partial charge is 0.388 e. The highest BCUT2D eigenvalue weighted by Gasteiger charge is 2.35. The van der Waals surface area contributed by atoms with Gasteiger partial charge in [-0.3, -0.25) is 0 Å². The molecular formula is C8H17NOS. The van der Waals surface area contributed by atoms with E-state index in [1.54, 1.807) is 0 Å². The van der Waals surface area contributed by atoms with Gasteiger partial charge in [0.25, 0.3) is 0 Å². The molecular weight excluding hydrogens is 158 g/mol. The topological polar surface area (TPSA) is 46.2 Å². The number of thioether (sulfide) groups is 1. The predicted molar refractivity (Wildman–Crippen MR) is 49.8 cm³/mol. The quantitative estimate of drug-likeness (QED) is 0.657. The Hall–Kier alpha value is 0.270. The summed E-state index contributed by atoms with van der Waals surface area (Å²) in [7, 11) is 0. The summed E-state index contributed by atoms with van der Waals surface area (Å²) in [5.41, 5.74) is 5.27. The fourth-order valence-electron chi connectivity index (χ4n) is 1.54. The highest BCUT2D eigenvalue weighted by Crippen LogP contribution is 2.29. The lowest BCUT2D eigenvalue weighted by Gasteiger charge is -2.37. The highest BCUT2D eigenvalue weighted by molar-refractivity contribution is 7.99. The van der Waals surface area contributed by atoms with E-state index in [4.69, 9.17) is 5.73 Å². The van der Waals surface area contributed by atoms with Crippen molar-refractivity contribution in [2.45, 2.75) is 37.8 Å². The Morgan fingerprint density at radius 2 is 2.45 bits per heavy atom. The zero-order valence-electron chi connectivity index (χ0n) is 7.05. The standard InChI is InChI=1S/C8H17NOS/c1-2-3-8(10)4-5-11-6-7(8)9/h7,10H,2-6,9H2,1H3. The molecule has 1 heterocycles. The summed E-state index contributed by atoms with van der Waals surface area (Å²) in [6.07, 6.45) is 2.75. The van der Waals surface area contributed by atoms with Crippen LogP contribution in [0.2, 0.25) is 0 Å². The summed E-state index contributed by atoms with van der Waals surface area (Å²) >= 11 is 1.85. The van der Waals surface area contributed by atoms with Gasteiger partial charge in [-0.15, -0.1) is 0 Å². The molecule has 0 saturated carbocycles. The number of hydrogen-bond acceptors (Lipinski definition) is 3. The molecule has 0 radical (unpaired) electrons. The second kappa shape index (κ2) is 3.78. The fourth-order valence-corrected chi connectivity index (χ4v) is 2.77. The van der Waals surface area contributed by atoms with Crippen molar-refractivity contribution in [2.75, 3.05) is 11.5 Å². The van der Waals surface area contributed by atoms with Crippen molar-refractivity contribution in [3.8, 4) is 0 Å². The Bertz CT molecular complexity index is 127. The third-order valence-electron chi connectivity index (χ3n) is 2.35. The van der Waals surface area contributed by atoms with Crippen LogP contribution in [0.4, 0.5) is 0 Å². The van der Waals surface area contributed by atoms with Crippen molar-refractivity contribution in [3.63, 3.8) is 0 Å². The maximum Gasteiger partial charge on any atom is 0.0813 e. The number of rotatable bonds is 2. The van der Waals surface area contributed by atoms with Crippen LogP contribution in [-0.2, 0) is 0 Å². The minimum atomic E-state index is -0.556. The van der Waals surface area contributed by atoms with E-state index < -0.39 is 5.60 Å². The first-order chi connectivity index (χ1) is 5.19. The molecule has 2 atom stereocenters. The molecule has 11 heavy (non-hydrogen) atoms. The van der Waals surface area contributed by atoms with E-state index in [9.17, 15) is 5.11 Å². The van der Waals surface area contributed by atoms with Gasteiger partial charge >= 0.3 is 0 Å². The van der Waals surface area contributed by atoms with Crippen LogP contribution in [0, 0.1) is 0 Å². The first-order valence-corrected chi connectivity index (χ1v) is 5.40. The van der Waals surface area contributed by atoms with E-state index in [2.05, 4.69) is 6.92 Å². The third-order valence-corrected chi connectivity index (χ3v) is 3.44. The lowest BCUT2D eigenvalue weighted by Crippen LogP contribution is -2.52. The van der Waals surface area contributed by atoms with Crippen molar-refractivity contribution < 1.29 is 5.11 Å². The van der Waals surface area contributed by atoms with Gasteiger partial charge in [0.1, 0.15) is 0 Å². The molecule has 1 fully saturated rings. The average Bonchev–Trinajstić information content (AvgIpc) is 1.96. The minimum Gasteiger partial charge on any atom is -0.388 e. The maximum atomic E-state index is 10.0. The Morgan fingerprint density at radius 1 is 1.73 bits per heavy atom. The molecule has 2 nitrogen and oxygen atoms in total. The SMILES string of the molecule is CCCC1(O)CCSCC1N. The molecule has 66 valence electrons. The average molecular weight is 175 g/mol. The molecule has 3 heteroatoms. The van der Waals surface area contributed by atoms with E-state index in [-0.39, 0.29) is 6.04 Å². The van der Waals surface area contributed by atoms with Crippen LogP contribution in [-0.4, -0.2) is 28.3 Å². The summed E-state index contributed by atoms with van der Waals surface area (Å²) in [6.45, 7) is 2.09. The van der Waals surface area contributed by atoms with Gasteiger partial charge in [-0.2, -0.15) is 11.8 Å². The van der Waals surface area contributed by atoms with Gasteiger partial charge in [0, 0.05) is 11.8 Å². The van der Waals surface area contributed by atoms with Crippen LogP contribution in [0.5, 0.6) is 0 Å². The molecule has 2 unspecified atom stereocenters. The number of nitrogens with two attached hydrogens (primary N) is 1. The summed E-state index contributed by atoms with van der Waals surface area (Å²) < 4.78 is 0. The van der Waals surface area contributed by atoms with E-state index >= 15 is 0 Å². The van der Waals surface area contributed by atoms with E-state index in [0.717, 1.165) is 30.8 Å². The highest BCUT2D eigenvalue weighted by atomic mass is 32.2. The Kier molecular flexibility index (Phi) is 3.22. The Balaban J connectivity index is 2.49. The third kappa shape index (κ3) is 2.10. The van der Waals surface area contributed by atoms with E-state index in [1.165, 1.54) is 0 Å². The maximum absolute atomic E-state index is 10.0. The van der Waals surface area contributed by atoms with Crippen LogP contribution in [0.25, 0.3) is 0 Å². The first-order valence-electron chi connectivity index (χ1n) is 4.25. The van der Waals surface area contributed by atoms with Gasteiger partial charge in [-0.1, -0.05) is 13.3 Å². The van der Waals surface area contributed by atoms with Gasteiger partial charge in [0.2, 0.25) is 0 Å². The van der Waals surface area contributed by atoms with Crippen LogP contribution < -0.4 is 5.73 Å². The van der Waals surface area contributed by atoms with Crippen molar-refractivity contribution >= 4 is 11.8 Å². The predicted octanol–water partition coefficient (Wildman–Crippen LogP) is 0.982. The van der Waals surface area contributed by atoms with Crippen LogP contribution in [0.1, 0.15) is 26.2 Å². The lowest BCUT2D eigenvalue weighted by atomic mass is 9.88. The van der Waals surface area contributed by atoms with E-state index in [0.29, 0.717) is 0 Å². The lowest BCUT2D eigenvalue weighted by molar-refractivity contribution is 0.00644. The summed E-state index contributed by atoms with van der Waals surface area (Å²) in [6, 6.07) is -0.0128. The Morgan fingerprint density at radius 3 is 3.00 bits per heavy atom. The van der Waals surface area contributed by atoms with Gasteiger partial charge in [0.05, 0.1) is 5.60 Å². The molecule has 0 aromatic heterocycles. The Labute approximate surface area is 72.5 Å². The zero-order valence-corrected chi connectivity index (χ0v) is 7.86. The number of hydrogen-bond donors (Lipinski definition) is 2. The molecule has 0 amide bonds. The van der Waals surface area contributed by atoms with Gasteiger partial charge in [0.15, 0.2) is 0 Å². The van der Waals surface area contributed by atoms with Gasteiger partial charge in [-0.05, 0) is 18.6 Å². The monoisotopic (exact) mass is 175 g/mol. The fraction of sp³-hybridized carbons (Fsp3) is 1.00. The molecule has 0 bridgehead atoms. The van der Waals surface area contributed by atoms with E-state index in [1.807, 2.05) is 11.8 Å². The zero-order chi connectivity index (χ0) is 8.32. The smallest absolute Gasteiger partial charge is 0.0813 e.